The Morgan fingerprint density at radius 3 is 2.88 bits per heavy atom. The lowest BCUT2D eigenvalue weighted by atomic mass is 10.3. The number of thioether (sulfide) groups is 1. The summed E-state index contributed by atoms with van der Waals surface area (Å²) >= 11 is 1.41. The normalized spacial score (nSPS) is 12.6. The first kappa shape index (κ1) is 12.1. The van der Waals surface area contributed by atoms with Gasteiger partial charge in [-0.2, -0.15) is 0 Å². The SMILES string of the molecule is Cn1ccnc1C(N)CSc1ccccc1F. The quantitative estimate of drug-likeness (QED) is 0.848. The van der Waals surface area contributed by atoms with E-state index in [0.29, 0.717) is 10.6 Å². The van der Waals surface area contributed by atoms with Gasteiger partial charge in [-0.05, 0) is 12.1 Å². The highest BCUT2D eigenvalue weighted by molar-refractivity contribution is 7.99. The van der Waals surface area contributed by atoms with Crippen molar-refractivity contribution in [2.24, 2.45) is 12.8 Å². The maximum atomic E-state index is 13.4. The fraction of sp³-hybridized carbons (Fsp3) is 0.250. The molecule has 0 saturated heterocycles. The molecule has 0 spiro atoms. The van der Waals surface area contributed by atoms with Gasteiger partial charge in [0, 0.05) is 30.1 Å². The number of hydrogen-bond donors (Lipinski definition) is 1. The molecule has 0 aliphatic carbocycles. The number of nitrogens with zero attached hydrogens (tertiary/aromatic N) is 2. The molecule has 1 unspecified atom stereocenters. The van der Waals surface area contributed by atoms with Gasteiger partial charge in [0.05, 0.1) is 6.04 Å². The zero-order valence-electron chi connectivity index (χ0n) is 9.51. The molecule has 0 fully saturated rings. The third-order valence-corrected chi connectivity index (χ3v) is 3.61. The van der Waals surface area contributed by atoms with Gasteiger partial charge in [0.25, 0.3) is 0 Å². The van der Waals surface area contributed by atoms with Crippen molar-refractivity contribution >= 4 is 11.8 Å². The average molecular weight is 251 g/mol. The van der Waals surface area contributed by atoms with E-state index >= 15 is 0 Å². The average Bonchev–Trinajstić information content (AvgIpc) is 2.74. The molecule has 0 saturated carbocycles. The molecule has 0 amide bonds. The van der Waals surface area contributed by atoms with E-state index in [0.717, 1.165) is 5.82 Å². The molecule has 0 aliphatic heterocycles. The topological polar surface area (TPSA) is 43.8 Å². The second-order valence-electron chi connectivity index (χ2n) is 3.74. The van der Waals surface area contributed by atoms with Crippen LogP contribution in [0.15, 0.2) is 41.6 Å². The van der Waals surface area contributed by atoms with E-state index in [1.807, 2.05) is 23.9 Å². The highest BCUT2D eigenvalue weighted by atomic mass is 32.2. The summed E-state index contributed by atoms with van der Waals surface area (Å²) in [6, 6.07) is 6.51. The predicted molar refractivity (Wildman–Crippen MR) is 67.3 cm³/mol. The minimum atomic E-state index is -0.204. The fourth-order valence-electron chi connectivity index (χ4n) is 1.55. The van der Waals surface area contributed by atoms with Crippen LogP contribution in [0.1, 0.15) is 11.9 Å². The van der Waals surface area contributed by atoms with E-state index in [-0.39, 0.29) is 11.9 Å². The van der Waals surface area contributed by atoms with Crippen molar-refractivity contribution in [2.75, 3.05) is 5.75 Å². The van der Waals surface area contributed by atoms with E-state index in [9.17, 15) is 4.39 Å². The van der Waals surface area contributed by atoms with Crippen LogP contribution in [0.2, 0.25) is 0 Å². The highest BCUT2D eigenvalue weighted by Gasteiger charge is 2.12. The fourth-order valence-corrected chi connectivity index (χ4v) is 2.44. The first-order valence-corrected chi connectivity index (χ1v) is 6.27. The first-order valence-electron chi connectivity index (χ1n) is 5.28. The van der Waals surface area contributed by atoms with Crippen molar-refractivity contribution in [1.29, 1.82) is 0 Å². The van der Waals surface area contributed by atoms with Crippen LogP contribution in [0.3, 0.4) is 0 Å². The number of halogens is 1. The molecule has 1 aromatic carbocycles. The standard InChI is InChI=1S/C12H14FN3S/c1-16-7-6-15-12(16)10(14)8-17-11-5-3-2-4-9(11)13/h2-7,10H,8,14H2,1H3. The van der Waals surface area contributed by atoms with Crippen molar-refractivity contribution in [3.8, 4) is 0 Å². The third kappa shape index (κ3) is 2.87. The second kappa shape index (κ2) is 5.33. The van der Waals surface area contributed by atoms with Gasteiger partial charge in [0.15, 0.2) is 0 Å². The lowest BCUT2D eigenvalue weighted by Gasteiger charge is -2.11. The van der Waals surface area contributed by atoms with Gasteiger partial charge in [-0.25, -0.2) is 9.37 Å². The molecule has 17 heavy (non-hydrogen) atoms. The van der Waals surface area contributed by atoms with Crippen molar-refractivity contribution in [2.45, 2.75) is 10.9 Å². The van der Waals surface area contributed by atoms with Crippen LogP contribution in [-0.4, -0.2) is 15.3 Å². The van der Waals surface area contributed by atoms with E-state index in [1.165, 1.54) is 17.8 Å². The summed E-state index contributed by atoms with van der Waals surface area (Å²) in [4.78, 5) is 4.80. The number of imidazole rings is 1. The van der Waals surface area contributed by atoms with Crippen LogP contribution in [0, 0.1) is 5.82 Å². The first-order chi connectivity index (χ1) is 8.18. The summed E-state index contributed by atoms with van der Waals surface area (Å²) in [7, 11) is 1.90. The maximum absolute atomic E-state index is 13.4. The minimum Gasteiger partial charge on any atom is -0.337 e. The van der Waals surface area contributed by atoms with Gasteiger partial charge in [0.2, 0.25) is 0 Å². The summed E-state index contributed by atoms with van der Waals surface area (Å²) in [5.74, 6) is 1.21. The molecule has 2 rings (SSSR count). The maximum Gasteiger partial charge on any atom is 0.136 e. The Morgan fingerprint density at radius 1 is 1.47 bits per heavy atom. The van der Waals surface area contributed by atoms with Crippen molar-refractivity contribution < 1.29 is 4.39 Å². The number of hydrogen-bond acceptors (Lipinski definition) is 3. The largest absolute Gasteiger partial charge is 0.337 e. The molecule has 1 heterocycles. The Hall–Kier alpha value is -1.33. The van der Waals surface area contributed by atoms with Gasteiger partial charge >= 0.3 is 0 Å². The number of rotatable bonds is 4. The summed E-state index contributed by atoms with van der Waals surface area (Å²) in [5, 5.41) is 0. The molecule has 5 heteroatoms. The Labute approximate surface area is 104 Å². The van der Waals surface area contributed by atoms with E-state index < -0.39 is 0 Å². The Bertz CT molecular complexity index is 498. The number of nitrogens with two attached hydrogens (primary N) is 1. The predicted octanol–water partition coefficient (Wildman–Crippen LogP) is 2.35. The minimum absolute atomic E-state index is 0.195. The van der Waals surface area contributed by atoms with Crippen LogP contribution in [-0.2, 0) is 7.05 Å². The molecular weight excluding hydrogens is 237 g/mol. The van der Waals surface area contributed by atoms with Crippen molar-refractivity contribution in [1.82, 2.24) is 9.55 Å². The smallest absolute Gasteiger partial charge is 0.136 e. The van der Waals surface area contributed by atoms with E-state index in [1.54, 1.807) is 18.3 Å². The molecule has 0 aliphatic rings. The highest BCUT2D eigenvalue weighted by Crippen LogP contribution is 2.24. The van der Waals surface area contributed by atoms with E-state index in [4.69, 9.17) is 5.73 Å². The third-order valence-electron chi connectivity index (χ3n) is 2.45. The number of aryl methyl sites for hydroxylation is 1. The Kier molecular flexibility index (Phi) is 3.81. The molecule has 0 radical (unpaired) electrons. The van der Waals surface area contributed by atoms with Gasteiger partial charge in [-0.1, -0.05) is 12.1 Å². The van der Waals surface area contributed by atoms with Crippen LogP contribution in [0.25, 0.3) is 0 Å². The summed E-state index contributed by atoms with van der Waals surface area (Å²) < 4.78 is 15.3. The van der Waals surface area contributed by atoms with Gasteiger partial charge in [-0.15, -0.1) is 11.8 Å². The molecule has 1 atom stereocenters. The molecule has 1 aromatic heterocycles. The molecule has 2 aromatic rings. The second-order valence-corrected chi connectivity index (χ2v) is 4.81. The van der Waals surface area contributed by atoms with Gasteiger partial charge in [0.1, 0.15) is 11.6 Å². The van der Waals surface area contributed by atoms with Crippen LogP contribution in [0.4, 0.5) is 4.39 Å². The summed E-state index contributed by atoms with van der Waals surface area (Å²) in [5.41, 5.74) is 6.01. The van der Waals surface area contributed by atoms with Crippen molar-refractivity contribution in [3.63, 3.8) is 0 Å². The lowest BCUT2D eigenvalue weighted by molar-refractivity contribution is 0.601. The van der Waals surface area contributed by atoms with Crippen LogP contribution < -0.4 is 5.73 Å². The van der Waals surface area contributed by atoms with Crippen LogP contribution >= 0.6 is 11.8 Å². The zero-order valence-corrected chi connectivity index (χ0v) is 10.3. The van der Waals surface area contributed by atoms with Crippen LogP contribution in [0.5, 0.6) is 0 Å². The summed E-state index contributed by atoms with van der Waals surface area (Å²) in [6.07, 6.45) is 3.56. The van der Waals surface area contributed by atoms with Crippen molar-refractivity contribution in [3.05, 3.63) is 48.3 Å². The zero-order chi connectivity index (χ0) is 12.3. The molecular formula is C12H14FN3S. The molecule has 0 bridgehead atoms. The Balaban J connectivity index is 2.00. The van der Waals surface area contributed by atoms with Gasteiger partial charge in [-0.3, -0.25) is 0 Å². The molecule has 90 valence electrons. The van der Waals surface area contributed by atoms with E-state index in [2.05, 4.69) is 4.98 Å². The van der Waals surface area contributed by atoms with Gasteiger partial charge < -0.3 is 10.3 Å². The molecule has 2 N–H and O–H groups in total. The summed E-state index contributed by atoms with van der Waals surface area (Å²) in [6.45, 7) is 0. The lowest BCUT2D eigenvalue weighted by Crippen LogP contribution is -2.17. The number of benzene rings is 1. The number of aromatic nitrogens is 2. The molecule has 3 nitrogen and oxygen atoms in total. The Morgan fingerprint density at radius 2 is 2.24 bits per heavy atom. The monoisotopic (exact) mass is 251 g/mol.